The monoisotopic (exact) mass is 293 g/mol. The Hall–Kier alpha value is -2.11. The van der Waals surface area contributed by atoms with Gasteiger partial charge in [0.15, 0.2) is 0 Å². The van der Waals surface area contributed by atoms with Crippen molar-refractivity contribution in [2.24, 2.45) is 0 Å². The highest BCUT2D eigenvalue weighted by molar-refractivity contribution is 5.85. The number of pyridine rings is 1. The molecule has 0 saturated heterocycles. The molecule has 0 atom stereocenters. The Labute approximate surface area is 125 Å². The fourth-order valence-electron chi connectivity index (χ4n) is 2.06. The van der Waals surface area contributed by atoms with Crippen molar-refractivity contribution in [3.63, 3.8) is 0 Å². The number of nitrogens with zero attached hydrogens (tertiary/aromatic N) is 3. The number of carbonyl (C=O) groups is 2. The van der Waals surface area contributed by atoms with Crippen LogP contribution in [-0.2, 0) is 11.3 Å². The number of hydrogen-bond acceptors (Lipinski definition) is 3. The lowest BCUT2D eigenvalue weighted by Gasteiger charge is -2.37. The molecule has 2 amide bonds. The SMILES string of the molecule is CCN(Cc1ccccn1)C(=O)N(CC)C(C)(C)C(=O)O. The summed E-state index contributed by atoms with van der Waals surface area (Å²) in [6.07, 6.45) is 1.67. The molecule has 0 spiro atoms. The molecule has 21 heavy (non-hydrogen) atoms. The van der Waals surface area contributed by atoms with Crippen LogP contribution in [0.5, 0.6) is 0 Å². The van der Waals surface area contributed by atoms with E-state index in [1.807, 2.05) is 25.1 Å². The summed E-state index contributed by atoms with van der Waals surface area (Å²) >= 11 is 0. The lowest BCUT2D eigenvalue weighted by Crippen LogP contribution is -2.56. The van der Waals surface area contributed by atoms with Gasteiger partial charge >= 0.3 is 12.0 Å². The minimum absolute atomic E-state index is 0.293. The smallest absolute Gasteiger partial charge is 0.329 e. The number of aromatic nitrogens is 1. The fourth-order valence-corrected chi connectivity index (χ4v) is 2.06. The van der Waals surface area contributed by atoms with E-state index in [1.54, 1.807) is 18.0 Å². The van der Waals surface area contributed by atoms with Crippen molar-refractivity contribution in [2.75, 3.05) is 13.1 Å². The van der Waals surface area contributed by atoms with Gasteiger partial charge in [-0.05, 0) is 39.8 Å². The summed E-state index contributed by atoms with van der Waals surface area (Å²) in [4.78, 5) is 31.2. The molecule has 1 aromatic rings. The van der Waals surface area contributed by atoms with Crippen molar-refractivity contribution in [3.8, 4) is 0 Å². The number of carbonyl (C=O) groups excluding carboxylic acids is 1. The third kappa shape index (κ3) is 3.93. The molecule has 6 nitrogen and oxygen atoms in total. The first kappa shape index (κ1) is 16.9. The van der Waals surface area contributed by atoms with Crippen molar-refractivity contribution in [1.82, 2.24) is 14.8 Å². The average Bonchev–Trinajstić information content (AvgIpc) is 2.46. The van der Waals surface area contributed by atoms with Gasteiger partial charge in [0.05, 0.1) is 12.2 Å². The molecule has 0 bridgehead atoms. The average molecular weight is 293 g/mol. The van der Waals surface area contributed by atoms with Crippen molar-refractivity contribution >= 4 is 12.0 Å². The van der Waals surface area contributed by atoms with Crippen molar-refractivity contribution in [3.05, 3.63) is 30.1 Å². The standard InChI is InChI=1S/C15H23N3O3/c1-5-17(11-12-9-7-8-10-16-12)14(21)18(6-2)15(3,4)13(19)20/h7-10H,5-6,11H2,1-4H3,(H,19,20). The number of carboxylic acids is 1. The van der Waals surface area contributed by atoms with Gasteiger partial charge in [-0.3, -0.25) is 4.98 Å². The Balaban J connectivity index is 2.93. The van der Waals surface area contributed by atoms with E-state index in [-0.39, 0.29) is 6.03 Å². The van der Waals surface area contributed by atoms with E-state index < -0.39 is 11.5 Å². The first-order chi connectivity index (χ1) is 9.84. The third-order valence-electron chi connectivity index (χ3n) is 3.48. The molecular formula is C15H23N3O3. The summed E-state index contributed by atoms with van der Waals surface area (Å²) < 4.78 is 0. The van der Waals surface area contributed by atoms with Gasteiger partial charge in [-0.15, -0.1) is 0 Å². The molecule has 1 rings (SSSR count). The van der Waals surface area contributed by atoms with Gasteiger partial charge in [-0.25, -0.2) is 9.59 Å². The molecule has 6 heteroatoms. The van der Waals surface area contributed by atoms with Crippen LogP contribution >= 0.6 is 0 Å². The fraction of sp³-hybridized carbons (Fsp3) is 0.533. The first-order valence-electron chi connectivity index (χ1n) is 7.04. The summed E-state index contributed by atoms with van der Waals surface area (Å²) in [6.45, 7) is 7.89. The molecule has 0 radical (unpaired) electrons. The minimum atomic E-state index is -1.25. The van der Waals surface area contributed by atoms with Gasteiger partial charge < -0.3 is 14.9 Å². The summed E-state index contributed by atoms with van der Waals surface area (Å²) in [5.74, 6) is -1.02. The van der Waals surface area contributed by atoms with Crippen LogP contribution in [0.4, 0.5) is 4.79 Å². The van der Waals surface area contributed by atoms with E-state index in [2.05, 4.69) is 4.98 Å². The maximum absolute atomic E-state index is 12.6. The number of rotatable bonds is 6. The van der Waals surface area contributed by atoms with Gasteiger partial charge in [0, 0.05) is 19.3 Å². The molecule has 0 aliphatic rings. The second kappa shape index (κ2) is 7.06. The zero-order chi connectivity index (χ0) is 16.0. The van der Waals surface area contributed by atoms with E-state index in [0.29, 0.717) is 19.6 Å². The Kier molecular flexibility index (Phi) is 5.69. The van der Waals surface area contributed by atoms with Gasteiger partial charge in [0.1, 0.15) is 5.54 Å². The molecule has 0 aliphatic carbocycles. The number of amides is 2. The lowest BCUT2D eigenvalue weighted by atomic mass is 10.0. The molecule has 1 N–H and O–H groups in total. The van der Waals surface area contributed by atoms with E-state index in [0.717, 1.165) is 5.69 Å². The van der Waals surface area contributed by atoms with Crippen molar-refractivity contribution < 1.29 is 14.7 Å². The summed E-state index contributed by atoms with van der Waals surface area (Å²) in [7, 11) is 0. The lowest BCUT2D eigenvalue weighted by molar-refractivity contribution is -0.147. The molecule has 116 valence electrons. The Morgan fingerprint density at radius 1 is 1.24 bits per heavy atom. The topological polar surface area (TPSA) is 73.7 Å². The summed E-state index contributed by atoms with van der Waals surface area (Å²) in [6, 6.07) is 5.22. The van der Waals surface area contributed by atoms with E-state index in [4.69, 9.17) is 0 Å². The molecular weight excluding hydrogens is 270 g/mol. The van der Waals surface area contributed by atoms with Crippen LogP contribution < -0.4 is 0 Å². The number of carboxylic acid groups (broad SMARTS) is 1. The van der Waals surface area contributed by atoms with E-state index in [9.17, 15) is 14.7 Å². The number of hydrogen-bond donors (Lipinski definition) is 1. The predicted octanol–water partition coefficient (Wildman–Crippen LogP) is 2.21. The quantitative estimate of drug-likeness (QED) is 0.872. The number of urea groups is 1. The van der Waals surface area contributed by atoms with Crippen LogP contribution in [0.15, 0.2) is 24.4 Å². The number of aliphatic carboxylic acids is 1. The normalized spacial score (nSPS) is 11.0. The second-order valence-electron chi connectivity index (χ2n) is 5.23. The summed E-state index contributed by atoms with van der Waals surface area (Å²) in [5, 5.41) is 9.31. The molecule has 0 fully saturated rings. The molecule has 0 unspecified atom stereocenters. The first-order valence-corrected chi connectivity index (χ1v) is 7.04. The minimum Gasteiger partial charge on any atom is -0.480 e. The molecule has 0 aromatic carbocycles. The van der Waals surface area contributed by atoms with Crippen LogP contribution in [0.25, 0.3) is 0 Å². The highest BCUT2D eigenvalue weighted by Crippen LogP contribution is 2.18. The van der Waals surface area contributed by atoms with Gasteiger partial charge in [-0.1, -0.05) is 6.07 Å². The zero-order valence-electron chi connectivity index (χ0n) is 13.0. The molecule has 0 saturated carbocycles. The number of likely N-dealkylation sites (N-methyl/N-ethyl adjacent to an activating group) is 1. The van der Waals surface area contributed by atoms with Gasteiger partial charge in [0.2, 0.25) is 0 Å². The third-order valence-corrected chi connectivity index (χ3v) is 3.48. The molecule has 1 aromatic heterocycles. The second-order valence-corrected chi connectivity index (χ2v) is 5.23. The largest absolute Gasteiger partial charge is 0.480 e. The van der Waals surface area contributed by atoms with Gasteiger partial charge in [0.25, 0.3) is 0 Å². The van der Waals surface area contributed by atoms with Gasteiger partial charge in [-0.2, -0.15) is 0 Å². The van der Waals surface area contributed by atoms with E-state index in [1.165, 1.54) is 18.7 Å². The van der Waals surface area contributed by atoms with Crippen LogP contribution in [0.3, 0.4) is 0 Å². The maximum Gasteiger partial charge on any atom is 0.329 e. The van der Waals surface area contributed by atoms with Crippen molar-refractivity contribution in [1.29, 1.82) is 0 Å². The van der Waals surface area contributed by atoms with E-state index >= 15 is 0 Å². The van der Waals surface area contributed by atoms with Crippen LogP contribution in [-0.4, -0.2) is 50.5 Å². The molecule has 1 heterocycles. The highest BCUT2D eigenvalue weighted by Gasteiger charge is 2.38. The Bertz CT molecular complexity index is 488. The van der Waals surface area contributed by atoms with Crippen LogP contribution in [0.1, 0.15) is 33.4 Å². The van der Waals surface area contributed by atoms with Crippen LogP contribution in [0, 0.1) is 0 Å². The van der Waals surface area contributed by atoms with Crippen molar-refractivity contribution in [2.45, 2.75) is 39.8 Å². The Morgan fingerprint density at radius 3 is 2.33 bits per heavy atom. The predicted molar refractivity (Wildman–Crippen MR) is 79.8 cm³/mol. The Morgan fingerprint density at radius 2 is 1.90 bits per heavy atom. The zero-order valence-corrected chi connectivity index (χ0v) is 13.0. The highest BCUT2D eigenvalue weighted by atomic mass is 16.4. The molecule has 0 aliphatic heterocycles. The van der Waals surface area contributed by atoms with Crippen LogP contribution in [0.2, 0.25) is 0 Å². The summed E-state index contributed by atoms with van der Waals surface area (Å²) in [5.41, 5.74) is -0.472. The maximum atomic E-state index is 12.6.